The predicted molar refractivity (Wildman–Crippen MR) is 67.9 cm³/mol. The average molecular weight is 271 g/mol. The highest BCUT2D eigenvalue weighted by Crippen LogP contribution is 2.12. The molecule has 0 aromatic heterocycles. The lowest BCUT2D eigenvalue weighted by molar-refractivity contribution is -0.139. The number of hydrogen-bond donors (Lipinski definition) is 2. The molecular weight excluding hydrogens is 254 g/mol. The van der Waals surface area contributed by atoms with E-state index in [0.29, 0.717) is 0 Å². The molecule has 0 radical (unpaired) electrons. The maximum absolute atomic E-state index is 11.9. The quantitative estimate of drug-likeness (QED) is 0.819. The lowest BCUT2D eigenvalue weighted by atomic mass is 10.2. The highest BCUT2D eigenvalue weighted by atomic mass is 32.2. The summed E-state index contributed by atoms with van der Waals surface area (Å²) in [6.07, 6.45) is 1.02. The molecule has 0 saturated heterocycles. The van der Waals surface area contributed by atoms with E-state index in [1.54, 1.807) is 19.1 Å². The highest BCUT2D eigenvalue weighted by Gasteiger charge is 2.23. The minimum Gasteiger partial charge on any atom is -0.480 e. The summed E-state index contributed by atoms with van der Waals surface area (Å²) in [5, 5.41) is 8.84. The Labute approximate surface area is 107 Å². The number of carboxylic acid groups (broad SMARTS) is 1. The van der Waals surface area contributed by atoms with Gasteiger partial charge in [-0.05, 0) is 30.5 Å². The maximum atomic E-state index is 11.9. The largest absolute Gasteiger partial charge is 0.480 e. The zero-order valence-corrected chi connectivity index (χ0v) is 11.2. The van der Waals surface area contributed by atoms with Crippen LogP contribution in [0.5, 0.6) is 0 Å². The monoisotopic (exact) mass is 271 g/mol. The molecule has 0 bridgehead atoms. The second kappa shape index (κ2) is 5.97. The van der Waals surface area contributed by atoms with Gasteiger partial charge in [0.05, 0.1) is 4.90 Å². The Hall–Kier alpha value is -1.40. The van der Waals surface area contributed by atoms with Crippen LogP contribution >= 0.6 is 0 Å². The number of rotatable bonds is 6. The second-order valence-electron chi connectivity index (χ2n) is 3.92. The van der Waals surface area contributed by atoms with Gasteiger partial charge in [0.15, 0.2) is 0 Å². The van der Waals surface area contributed by atoms with Gasteiger partial charge >= 0.3 is 5.97 Å². The lowest BCUT2D eigenvalue weighted by Gasteiger charge is -2.12. The molecule has 100 valence electrons. The molecule has 5 nitrogen and oxygen atoms in total. The van der Waals surface area contributed by atoms with Crippen LogP contribution in [0.25, 0.3) is 0 Å². The van der Waals surface area contributed by atoms with Gasteiger partial charge in [-0.1, -0.05) is 26.0 Å². The standard InChI is InChI=1S/C12H17NO4S/c1-3-9-5-7-10(8-6-9)18(16,17)13-11(4-2)12(14)15/h5-8,11,13H,3-4H2,1-2H3,(H,14,15)/t11-/m0/s1. The van der Waals surface area contributed by atoms with E-state index in [1.165, 1.54) is 12.1 Å². The third-order valence-electron chi connectivity index (χ3n) is 2.65. The summed E-state index contributed by atoms with van der Waals surface area (Å²) in [6.45, 7) is 3.58. The van der Waals surface area contributed by atoms with Crippen LogP contribution in [-0.2, 0) is 21.2 Å². The minimum atomic E-state index is -3.77. The first kappa shape index (κ1) is 14.7. The molecule has 0 aliphatic carbocycles. The zero-order valence-electron chi connectivity index (χ0n) is 10.4. The van der Waals surface area contributed by atoms with Crippen molar-refractivity contribution in [1.82, 2.24) is 4.72 Å². The number of aliphatic carboxylic acids is 1. The minimum absolute atomic E-state index is 0.0828. The third kappa shape index (κ3) is 3.54. The Balaban J connectivity index is 2.95. The summed E-state index contributed by atoms with van der Waals surface area (Å²) in [5.74, 6) is -1.17. The van der Waals surface area contributed by atoms with Gasteiger partial charge in [0.2, 0.25) is 10.0 Å². The molecule has 2 N–H and O–H groups in total. The molecule has 1 atom stereocenters. The molecule has 1 aromatic carbocycles. The summed E-state index contributed by atoms with van der Waals surface area (Å²) in [7, 11) is -3.77. The summed E-state index contributed by atoms with van der Waals surface area (Å²) in [4.78, 5) is 10.9. The molecule has 0 amide bonds. The van der Waals surface area contributed by atoms with Gasteiger partial charge in [0.1, 0.15) is 6.04 Å². The molecule has 0 heterocycles. The normalized spacial score (nSPS) is 13.2. The van der Waals surface area contributed by atoms with Crippen LogP contribution in [0.2, 0.25) is 0 Å². The van der Waals surface area contributed by atoms with E-state index in [0.717, 1.165) is 12.0 Å². The molecule has 18 heavy (non-hydrogen) atoms. The average Bonchev–Trinajstić information content (AvgIpc) is 2.35. The van der Waals surface area contributed by atoms with E-state index in [-0.39, 0.29) is 11.3 Å². The number of nitrogens with one attached hydrogen (secondary N) is 1. The fraction of sp³-hybridized carbons (Fsp3) is 0.417. The van der Waals surface area contributed by atoms with E-state index in [9.17, 15) is 13.2 Å². The van der Waals surface area contributed by atoms with E-state index in [2.05, 4.69) is 4.72 Å². The number of hydrogen-bond acceptors (Lipinski definition) is 3. The van der Waals surface area contributed by atoms with Crippen molar-refractivity contribution >= 4 is 16.0 Å². The number of carboxylic acids is 1. The van der Waals surface area contributed by atoms with E-state index in [1.807, 2.05) is 6.92 Å². The SMILES string of the molecule is CCc1ccc(S(=O)(=O)N[C@@H](CC)C(=O)O)cc1. The van der Waals surface area contributed by atoms with Gasteiger partial charge in [0.25, 0.3) is 0 Å². The Morgan fingerprint density at radius 3 is 2.22 bits per heavy atom. The fourth-order valence-corrected chi connectivity index (χ4v) is 2.74. The van der Waals surface area contributed by atoms with Gasteiger partial charge in [-0.3, -0.25) is 4.79 Å². The molecule has 0 aliphatic heterocycles. The molecule has 6 heteroatoms. The molecule has 0 spiro atoms. The Kier molecular flexibility index (Phi) is 4.86. The van der Waals surface area contributed by atoms with Crippen molar-refractivity contribution in [3.63, 3.8) is 0 Å². The second-order valence-corrected chi connectivity index (χ2v) is 5.63. The molecule has 0 unspecified atom stereocenters. The molecule has 0 aliphatic rings. The van der Waals surface area contributed by atoms with Gasteiger partial charge in [0, 0.05) is 0 Å². The fourth-order valence-electron chi connectivity index (χ4n) is 1.47. The smallest absolute Gasteiger partial charge is 0.321 e. The van der Waals surface area contributed by atoms with Gasteiger partial charge in [-0.2, -0.15) is 4.72 Å². The topological polar surface area (TPSA) is 83.5 Å². The Morgan fingerprint density at radius 1 is 1.28 bits per heavy atom. The van der Waals surface area contributed by atoms with Crippen LogP contribution in [0.3, 0.4) is 0 Å². The van der Waals surface area contributed by atoms with Crippen LogP contribution in [0.4, 0.5) is 0 Å². The van der Waals surface area contributed by atoms with Crippen LogP contribution in [0.15, 0.2) is 29.2 Å². The molecule has 0 fully saturated rings. The number of benzene rings is 1. The van der Waals surface area contributed by atoms with Crippen molar-refractivity contribution in [2.45, 2.75) is 37.6 Å². The molecule has 0 saturated carbocycles. The van der Waals surface area contributed by atoms with E-state index in [4.69, 9.17) is 5.11 Å². The van der Waals surface area contributed by atoms with Crippen molar-refractivity contribution in [1.29, 1.82) is 0 Å². The van der Waals surface area contributed by atoms with Crippen LogP contribution in [0, 0.1) is 0 Å². The van der Waals surface area contributed by atoms with Crippen molar-refractivity contribution in [3.8, 4) is 0 Å². The van der Waals surface area contributed by atoms with Gasteiger partial charge in [-0.25, -0.2) is 8.42 Å². The molecule has 1 rings (SSSR count). The van der Waals surface area contributed by atoms with Crippen molar-refractivity contribution in [2.24, 2.45) is 0 Å². The van der Waals surface area contributed by atoms with Crippen LogP contribution < -0.4 is 4.72 Å². The summed E-state index contributed by atoms with van der Waals surface area (Å²) in [5.41, 5.74) is 1.03. The number of carbonyl (C=O) groups is 1. The first-order chi connectivity index (χ1) is 8.40. The maximum Gasteiger partial charge on any atom is 0.321 e. The first-order valence-corrected chi connectivity index (χ1v) is 7.23. The summed E-state index contributed by atoms with van der Waals surface area (Å²) in [6, 6.07) is 5.30. The highest BCUT2D eigenvalue weighted by molar-refractivity contribution is 7.89. The third-order valence-corrected chi connectivity index (χ3v) is 4.13. The van der Waals surface area contributed by atoms with E-state index < -0.39 is 22.0 Å². The van der Waals surface area contributed by atoms with Crippen LogP contribution in [0.1, 0.15) is 25.8 Å². The summed E-state index contributed by atoms with van der Waals surface area (Å²) < 4.78 is 26.0. The predicted octanol–water partition coefficient (Wildman–Crippen LogP) is 1.39. The molecule has 1 aromatic rings. The van der Waals surface area contributed by atoms with Crippen molar-refractivity contribution in [2.75, 3.05) is 0 Å². The van der Waals surface area contributed by atoms with Crippen molar-refractivity contribution < 1.29 is 18.3 Å². The Bertz CT molecular complexity index is 507. The zero-order chi connectivity index (χ0) is 13.8. The molecular formula is C12H17NO4S. The van der Waals surface area contributed by atoms with E-state index >= 15 is 0 Å². The number of sulfonamides is 1. The first-order valence-electron chi connectivity index (χ1n) is 5.74. The summed E-state index contributed by atoms with van der Waals surface area (Å²) >= 11 is 0. The lowest BCUT2D eigenvalue weighted by Crippen LogP contribution is -2.40. The van der Waals surface area contributed by atoms with Gasteiger partial charge in [-0.15, -0.1) is 0 Å². The van der Waals surface area contributed by atoms with Crippen LogP contribution in [-0.4, -0.2) is 25.5 Å². The van der Waals surface area contributed by atoms with Crippen molar-refractivity contribution in [3.05, 3.63) is 29.8 Å². The Morgan fingerprint density at radius 2 is 1.83 bits per heavy atom. The number of aryl methyl sites for hydroxylation is 1. The van der Waals surface area contributed by atoms with Gasteiger partial charge < -0.3 is 5.11 Å².